The number of thiophene rings is 1. The zero-order valence-corrected chi connectivity index (χ0v) is 23.8. The number of anilines is 4. The Hall–Kier alpha value is -4.60. The molecule has 0 bridgehead atoms. The lowest BCUT2D eigenvalue weighted by atomic mass is 9.78. The molecule has 8 rings (SSSR count). The molecule has 0 spiro atoms. The molecular weight excluding hydrogens is 516 g/mol. The fourth-order valence-electron chi connectivity index (χ4n) is 6.93. The van der Waals surface area contributed by atoms with Crippen LogP contribution >= 0.6 is 11.3 Å². The van der Waals surface area contributed by atoms with Crippen molar-refractivity contribution in [3.8, 4) is 0 Å². The summed E-state index contributed by atoms with van der Waals surface area (Å²) in [5, 5.41) is 1.40. The van der Waals surface area contributed by atoms with Gasteiger partial charge in [0.25, 0.3) is 0 Å². The monoisotopic (exact) mass is 546 g/mol. The van der Waals surface area contributed by atoms with Crippen LogP contribution in [0.2, 0.25) is 0 Å². The van der Waals surface area contributed by atoms with Crippen molar-refractivity contribution in [2.45, 2.75) is 18.8 Å². The van der Waals surface area contributed by atoms with Crippen molar-refractivity contribution >= 4 is 55.8 Å². The first-order chi connectivity index (χ1) is 20.2. The predicted octanol–water partition coefficient (Wildman–Crippen LogP) is 10.6. The number of nitrogens with zero attached hydrogens (tertiary/aromatic N) is 2. The van der Waals surface area contributed by atoms with E-state index in [4.69, 9.17) is 0 Å². The standard InChI is InChI=1S/C38H30N2S/c1-25-13-5-4-12-22-39(27-14-6-3-7-15-27)33-23-28(20-21-29(25)33)40-32-18-10-8-16-30(32)37-26(2)38-31-17-9-11-19-35(31)41-36(38)24-34(37)40/h3-21,23-24,26,37H,1,22H2,2H3/b12-4-,13-5-. The lowest BCUT2D eigenvalue weighted by Gasteiger charge is -2.32. The van der Waals surface area contributed by atoms with Gasteiger partial charge in [0.1, 0.15) is 0 Å². The maximum Gasteiger partial charge on any atom is 0.0514 e. The molecular formula is C38H30N2S. The van der Waals surface area contributed by atoms with Gasteiger partial charge in [-0.1, -0.05) is 98.5 Å². The summed E-state index contributed by atoms with van der Waals surface area (Å²) >= 11 is 1.92. The van der Waals surface area contributed by atoms with Gasteiger partial charge in [-0.25, -0.2) is 0 Å². The van der Waals surface area contributed by atoms with Crippen LogP contribution in [0.4, 0.5) is 22.7 Å². The minimum absolute atomic E-state index is 0.313. The lowest BCUT2D eigenvalue weighted by molar-refractivity contribution is 0.660. The number of fused-ring (bicyclic) bond motifs is 7. The fourth-order valence-corrected chi connectivity index (χ4v) is 8.19. The molecule has 41 heavy (non-hydrogen) atoms. The Morgan fingerprint density at radius 3 is 2.51 bits per heavy atom. The third-order valence-electron chi connectivity index (χ3n) is 8.76. The normalized spacial score (nSPS) is 20.7. The van der Waals surface area contributed by atoms with E-state index in [-0.39, 0.29) is 0 Å². The van der Waals surface area contributed by atoms with Crippen LogP contribution in [0.1, 0.15) is 40.3 Å². The average molecular weight is 547 g/mol. The second-order valence-electron chi connectivity index (χ2n) is 11.1. The molecule has 4 aromatic carbocycles. The maximum absolute atomic E-state index is 4.44. The molecule has 0 radical (unpaired) electrons. The first kappa shape index (κ1) is 24.2. The van der Waals surface area contributed by atoms with Crippen molar-refractivity contribution < 1.29 is 0 Å². The van der Waals surface area contributed by atoms with Crippen LogP contribution in [0.15, 0.2) is 134 Å². The fraction of sp³-hybridized carbons (Fsp3) is 0.105. The predicted molar refractivity (Wildman–Crippen MR) is 177 cm³/mol. The molecule has 0 saturated carbocycles. The molecule has 3 heterocycles. The van der Waals surface area contributed by atoms with Crippen molar-refractivity contribution in [1.82, 2.24) is 0 Å². The molecule has 1 aliphatic carbocycles. The highest BCUT2D eigenvalue weighted by atomic mass is 32.1. The number of para-hydroxylation sites is 2. The number of allylic oxidation sites excluding steroid dienone is 5. The van der Waals surface area contributed by atoms with Crippen LogP contribution in [0.25, 0.3) is 21.7 Å². The van der Waals surface area contributed by atoms with E-state index in [1.165, 1.54) is 54.5 Å². The Morgan fingerprint density at radius 1 is 0.805 bits per heavy atom. The zero-order valence-electron chi connectivity index (χ0n) is 23.0. The molecule has 5 aromatic rings. The second kappa shape index (κ2) is 9.50. The summed E-state index contributed by atoms with van der Waals surface area (Å²) in [6, 6.07) is 35.4. The molecule has 2 aliphatic heterocycles. The van der Waals surface area contributed by atoms with Crippen LogP contribution in [0, 0.1) is 0 Å². The summed E-state index contributed by atoms with van der Waals surface area (Å²) in [7, 11) is 0. The Balaban J connectivity index is 1.34. The second-order valence-corrected chi connectivity index (χ2v) is 12.1. The van der Waals surface area contributed by atoms with E-state index in [1.807, 2.05) is 11.3 Å². The van der Waals surface area contributed by atoms with E-state index in [1.54, 1.807) is 0 Å². The zero-order chi connectivity index (χ0) is 27.5. The summed E-state index contributed by atoms with van der Waals surface area (Å²) in [6.07, 6.45) is 11.0. The third kappa shape index (κ3) is 3.77. The minimum atomic E-state index is 0.313. The van der Waals surface area contributed by atoms with Crippen molar-refractivity contribution in [3.05, 3.63) is 155 Å². The Kier molecular flexibility index (Phi) is 5.61. The van der Waals surface area contributed by atoms with Crippen LogP contribution in [-0.4, -0.2) is 6.54 Å². The summed E-state index contributed by atoms with van der Waals surface area (Å²) in [5.41, 5.74) is 11.2. The minimum Gasteiger partial charge on any atom is -0.337 e. The molecule has 3 aliphatic rings. The lowest BCUT2D eigenvalue weighted by Crippen LogP contribution is -2.21. The molecule has 2 unspecified atom stereocenters. The molecule has 198 valence electrons. The Labute approximate surface area is 245 Å². The van der Waals surface area contributed by atoms with Gasteiger partial charge in [0, 0.05) is 50.4 Å². The van der Waals surface area contributed by atoms with Crippen LogP contribution in [0.3, 0.4) is 0 Å². The first-order valence-electron chi connectivity index (χ1n) is 14.3. The SMILES string of the molecule is C=C1/C=C\C=C/CN(c2ccccc2)c2cc(N3C4=Cc5sc6ccccc6c5C(C)C4c4ccccc43)ccc21. The Morgan fingerprint density at radius 2 is 1.61 bits per heavy atom. The molecule has 3 heteroatoms. The van der Waals surface area contributed by atoms with E-state index in [9.17, 15) is 0 Å². The summed E-state index contributed by atoms with van der Waals surface area (Å²) in [4.78, 5) is 6.29. The van der Waals surface area contributed by atoms with Gasteiger partial charge in [0.2, 0.25) is 0 Å². The van der Waals surface area contributed by atoms with Gasteiger partial charge >= 0.3 is 0 Å². The topological polar surface area (TPSA) is 6.48 Å². The number of hydrogen-bond donors (Lipinski definition) is 0. The third-order valence-corrected chi connectivity index (χ3v) is 9.90. The highest BCUT2D eigenvalue weighted by Crippen LogP contribution is 2.58. The highest BCUT2D eigenvalue weighted by Gasteiger charge is 2.42. The van der Waals surface area contributed by atoms with Gasteiger partial charge in [-0.2, -0.15) is 0 Å². The molecule has 0 fully saturated rings. The van der Waals surface area contributed by atoms with E-state index < -0.39 is 0 Å². The quantitative estimate of drug-likeness (QED) is 0.217. The van der Waals surface area contributed by atoms with Crippen LogP contribution < -0.4 is 9.80 Å². The van der Waals surface area contributed by atoms with Crippen molar-refractivity contribution in [3.63, 3.8) is 0 Å². The van der Waals surface area contributed by atoms with Gasteiger partial charge in [-0.3, -0.25) is 0 Å². The summed E-state index contributed by atoms with van der Waals surface area (Å²) in [5.74, 6) is 0.698. The van der Waals surface area contributed by atoms with E-state index >= 15 is 0 Å². The van der Waals surface area contributed by atoms with Crippen molar-refractivity contribution in [1.29, 1.82) is 0 Å². The Bertz CT molecular complexity index is 1920. The number of hydrogen-bond acceptors (Lipinski definition) is 3. The molecule has 2 atom stereocenters. The largest absolute Gasteiger partial charge is 0.337 e. The van der Waals surface area contributed by atoms with Crippen molar-refractivity contribution in [2.24, 2.45) is 0 Å². The highest BCUT2D eigenvalue weighted by molar-refractivity contribution is 7.20. The number of rotatable bonds is 2. The molecule has 2 nitrogen and oxygen atoms in total. The number of benzene rings is 4. The van der Waals surface area contributed by atoms with Crippen LogP contribution in [0.5, 0.6) is 0 Å². The van der Waals surface area contributed by atoms with Gasteiger partial charge in [0.15, 0.2) is 0 Å². The van der Waals surface area contributed by atoms with Gasteiger partial charge in [0.05, 0.1) is 5.69 Å². The van der Waals surface area contributed by atoms with E-state index in [0.717, 1.165) is 17.7 Å². The molecule has 1 aromatic heterocycles. The smallest absolute Gasteiger partial charge is 0.0514 e. The molecule has 0 amide bonds. The van der Waals surface area contributed by atoms with Gasteiger partial charge in [-0.15, -0.1) is 11.3 Å². The van der Waals surface area contributed by atoms with E-state index in [0.29, 0.717) is 11.8 Å². The van der Waals surface area contributed by atoms with Gasteiger partial charge < -0.3 is 9.80 Å². The maximum atomic E-state index is 4.44. The van der Waals surface area contributed by atoms with Crippen molar-refractivity contribution in [2.75, 3.05) is 16.3 Å². The average Bonchev–Trinajstić information content (AvgIpc) is 3.56. The van der Waals surface area contributed by atoms with Gasteiger partial charge in [-0.05, 0) is 70.5 Å². The molecule has 0 N–H and O–H groups in total. The first-order valence-corrected chi connectivity index (χ1v) is 15.1. The molecule has 0 saturated heterocycles. The summed E-state index contributed by atoms with van der Waals surface area (Å²) < 4.78 is 1.37. The van der Waals surface area contributed by atoms with E-state index in [2.05, 4.69) is 151 Å². The summed E-state index contributed by atoms with van der Waals surface area (Å²) in [6.45, 7) is 7.64. The van der Waals surface area contributed by atoms with Crippen LogP contribution in [-0.2, 0) is 0 Å².